The summed E-state index contributed by atoms with van der Waals surface area (Å²) in [6, 6.07) is 7.50. The lowest BCUT2D eigenvalue weighted by Crippen LogP contribution is -2.39. The molecule has 2 aliphatic rings. The minimum absolute atomic E-state index is 0.255. The smallest absolute Gasteiger partial charge is 0.144 e. The number of methoxy groups -OCH3 is 2. The summed E-state index contributed by atoms with van der Waals surface area (Å²) in [4.78, 5) is 0. The van der Waals surface area contributed by atoms with Crippen LogP contribution in [0.4, 0.5) is 5.69 Å². The van der Waals surface area contributed by atoms with Crippen molar-refractivity contribution in [2.75, 3.05) is 25.8 Å². The normalized spacial score (nSPS) is 18.8. The number of fused-ring (bicyclic) bond motifs is 1. The summed E-state index contributed by atoms with van der Waals surface area (Å²) in [7, 11) is 3.14. The third kappa shape index (κ3) is 3.04. The van der Waals surface area contributed by atoms with Gasteiger partial charge in [0.2, 0.25) is 0 Å². The van der Waals surface area contributed by atoms with Crippen molar-refractivity contribution in [1.82, 2.24) is 0 Å². The lowest BCUT2D eigenvalue weighted by atomic mass is 9.92. The third-order valence-corrected chi connectivity index (χ3v) is 4.05. The zero-order valence-electron chi connectivity index (χ0n) is 14.7. The van der Waals surface area contributed by atoms with Gasteiger partial charge < -0.3 is 19.9 Å². The molecule has 0 fully saturated rings. The Bertz CT molecular complexity index is 824. The van der Waals surface area contributed by atoms with Crippen LogP contribution in [0.2, 0.25) is 0 Å². The first-order valence-electron chi connectivity index (χ1n) is 7.76. The highest BCUT2D eigenvalue weighted by atomic mass is 16.5. The maximum Gasteiger partial charge on any atom is 0.144 e. The second kappa shape index (κ2) is 6.15. The van der Waals surface area contributed by atoms with E-state index in [2.05, 4.69) is 11.2 Å². The summed E-state index contributed by atoms with van der Waals surface area (Å²) >= 11 is 0. The molecule has 0 aromatic heterocycles. The van der Waals surface area contributed by atoms with E-state index in [1.807, 2.05) is 19.9 Å². The molecule has 0 radical (unpaired) electrons. The van der Waals surface area contributed by atoms with Crippen LogP contribution in [0.1, 0.15) is 13.8 Å². The topological polar surface area (TPSA) is 93.1 Å². The second-order valence-corrected chi connectivity index (χ2v) is 6.25. The fourth-order valence-corrected chi connectivity index (χ4v) is 2.75. The van der Waals surface area contributed by atoms with Crippen LogP contribution >= 0.6 is 0 Å². The maximum absolute atomic E-state index is 9.64. The van der Waals surface area contributed by atoms with Crippen molar-refractivity contribution in [3.8, 4) is 17.6 Å². The van der Waals surface area contributed by atoms with Gasteiger partial charge in [-0.1, -0.05) is 0 Å². The van der Waals surface area contributed by atoms with Crippen molar-refractivity contribution in [2.24, 2.45) is 10.8 Å². The molecule has 0 amide bonds. The number of allylic oxidation sites excluding steroid dienone is 1. The number of nitrogens with zero attached hydrogens (tertiary/aromatic N) is 3. The predicted octanol–water partition coefficient (Wildman–Crippen LogP) is 2.31. The van der Waals surface area contributed by atoms with E-state index in [-0.39, 0.29) is 5.82 Å². The van der Waals surface area contributed by atoms with Crippen LogP contribution < -0.4 is 20.2 Å². The Labute approximate surface area is 146 Å². The minimum atomic E-state index is -0.474. The molecule has 0 spiro atoms. The first-order valence-corrected chi connectivity index (χ1v) is 7.76. The summed E-state index contributed by atoms with van der Waals surface area (Å²) < 4.78 is 16.4. The summed E-state index contributed by atoms with van der Waals surface area (Å²) in [6.07, 6.45) is 1.88. The van der Waals surface area contributed by atoms with Crippen molar-refractivity contribution < 1.29 is 14.2 Å². The molecule has 2 aliphatic heterocycles. The Balaban J connectivity index is 2.14. The van der Waals surface area contributed by atoms with Gasteiger partial charge in [-0.3, -0.25) is 0 Å². The Hall–Kier alpha value is -2.98. The van der Waals surface area contributed by atoms with Crippen molar-refractivity contribution in [3.63, 3.8) is 0 Å². The number of nitrogens with two attached hydrogens (primary N) is 1. The first-order chi connectivity index (χ1) is 11.9. The lowest BCUT2D eigenvalue weighted by Gasteiger charge is -2.34. The number of hydrazone groups is 1. The van der Waals surface area contributed by atoms with Crippen LogP contribution in [0.25, 0.3) is 0 Å². The molecule has 0 aliphatic carbocycles. The van der Waals surface area contributed by atoms with Gasteiger partial charge in [0.1, 0.15) is 29.0 Å². The van der Waals surface area contributed by atoms with Crippen molar-refractivity contribution in [2.45, 2.75) is 19.4 Å². The van der Waals surface area contributed by atoms with E-state index < -0.39 is 5.60 Å². The van der Waals surface area contributed by atoms with Gasteiger partial charge in [-0.15, -0.1) is 0 Å². The van der Waals surface area contributed by atoms with Gasteiger partial charge in [-0.05, 0) is 19.9 Å². The predicted molar refractivity (Wildman–Crippen MR) is 94.4 cm³/mol. The lowest BCUT2D eigenvalue weighted by molar-refractivity contribution is 0.0409. The summed E-state index contributed by atoms with van der Waals surface area (Å²) in [5.74, 6) is 1.46. The van der Waals surface area contributed by atoms with E-state index in [4.69, 9.17) is 19.9 Å². The summed E-state index contributed by atoms with van der Waals surface area (Å²) in [5.41, 5.74) is 8.18. The average Bonchev–Trinajstić information content (AvgIpc) is 2.60. The highest BCUT2D eigenvalue weighted by Gasteiger charge is 2.33. The second-order valence-electron chi connectivity index (χ2n) is 6.25. The maximum atomic E-state index is 9.64. The number of rotatable bonds is 3. The number of hydrogen-bond acceptors (Lipinski definition) is 7. The van der Waals surface area contributed by atoms with Gasteiger partial charge >= 0.3 is 0 Å². The van der Waals surface area contributed by atoms with Crippen LogP contribution in [-0.2, 0) is 4.74 Å². The Morgan fingerprint density at radius 2 is 1.88 bits per heavy atom. The van der Waals surface area contributed by atoms with Gasteiger partial charge in [0.15, 0.2) is 0 Å². The van der Waals surface area contributed by atoms with Crippen LogP contribution in [0, 0.1) is 11.3 Å². The fourth-order valence-electron chi connectivity index (χ4n) is 2.75. The van der Waals surface area contributed by atoms with E-state index in [1.54, 1.807) is 32.4 Å². The molecular weight excluding hydrogens is 320 g/mol. The number of nitriles is 1. The van der Waals surface area contributed by atoms with Gasteiger partial charge in [-0.25, -0.2) is 5.01 Å². The Morgan fingerprint density at radius 3 is 2.44 bits per heavy atom. The van der Waals surface area contributed by atoms with Gasteiger partial charge in [-0.2, -0.15) is 10.4 Å². The summed E-state index contributed by atoms with van der Waals surface area (Å²) in [6.45, 7) is 4.16. The molecule has 25 heavy (non-hydrogen) atoms. The molecule has 2 heterocycles. The molecule has 130 valence electrons. The van der Waals surface area contributed by atoms with Crippen molar-refractivity contribution >= 4 is 11.4 Å². The van der Waals surface area contributed by atoms with E-state index in [0.717, 1.165) is 5.57 Å². The molecule has 0 bridgehead atoms. The van der Waals surface area contributed by atoms with E-state index in [1.165, 1.54) is 5.01 Å². The molecule has 0 saturated carbocycles. The number of benzene rings is 1. The van der Waals surface area contributed by atoms with E-state index in [9.17, 15) is 5.26 Å². The zero-order valence-corrected chi connectivity index (χ0v) is 14.7. The molecule has 1 aromatic rings. The molecular formula is C18H20N4O3. The highest BCUT2D eigenvalue weighted by molar-refractivity contribution is 6.08. The molecule has 7 nitrogen and oxygen atoms in total. The monoisotopic (exact) mass is 340 g/mol. The number of ether oxygens (including phenoxy) is 3. The zero-order chi connectivity index (χ0) is 18.2. The third-order valence-electron chi connectivity index (χ3n) is 4.05. The minimum Gasteiger partial charge on any atom is -0.497 e. The molecule has 1 aromatic carbocycles. The van der Waals surface area contributed by atoms with Crippen LogP contribution in [-0.4, -0.2) is 32.1 Å². The van der Waals surface area contributed by atoms with E-state index in [0.29, 0.717) is 35.1 Å². The molecule has 7 heteroatoms. The van der Waals surface area contributed by atoms with Crippen molar-refractivity contribution in [3.05, 3.63) is 41.2 Å². The first kappa shape index (κ1) is 16.9. The fraction of sp³-hybridized carbons (Fsp3) is 0.333. The van der Waals surface area contributed by atoms with Gasteiger partial charge in [0.05, 0.1) is 37.8 Å². The Morgan fingerprint density at radius 1 is 1.24 bits per heavy atom. The van der Waals surface area contributed by atoms with Gasteiger partial charge in [0.25, 0.3) is 0 Å². The van der Waals surface area contributed by atoms with Gasteiger partial charge in [0, 0.05) is 23.8 Å². The standard InChI is InChI=1S/C18H20N4O3/c1-18(2)8-14-15(9-19)17(20)22(21-16(14)10-25-18)11-5-12(23-3)7-13(6-11)24-4/h5-8H,10,20H2,1-4H3. The average molecular weight is 340 g/mol. The summed E-state index contributed by atoms with van der Waals surface area (Å²) in [5, 5.41) is 15.7. The molecule has 0 unspecified atom stereocenters. The molecule has 0 saturated heterocycles. The molecule has 2 N–H and O–H groups in total. The number of hydrogen-bond donors (Lipinski definition) is 1. The van der Waals surface area contributed by atoms with Crippen LogP contribution in [0.3, 0.4) is 0 Å². The molecule has 3 rings (SSSR count). The van der Waals surface area contributed by atoms with Crippen LogP contribution in [0.5, 0.6) is 11.5 Å². The largest absolute Gasteiger partial charge is 0.497 e. The highest BCUT2D eigenvalue weighted by Crippen LogP contribution is 2.35. The van der Waals surface area contributed by atoms with Crippen molar-refractivity contribution in [1.29, 1.82) is 5.26 Å². The Kier molecular flexibility index (Phi) is 4.15. The van der Waals surface area contributed by atoms with Crippen LogP contribution in [0.15, 0.2) is 46.3 Å². The quantitative estimate of drug-likeness (QED) is 0.907. The SMILES string of the molecule is COc1cc(OC)cc(N2N=C3COC(C)(C)C=C3C(C#N)=C2N)c1. The molecule has 0 atom stereocenters. The van der Waals surface area contributed by atoms with E-state index >= 15 is 0 Å². The number of anilines is 1.